The molecule has 0 radical (unpaired) electrons. The zero-order chi connectivity index (χ0) is 85.1. The van der Waals surface area contributed by atoms with Gasteiger partial charge < -0.3 is 18.3 Å². The molecule has 0 aliphatic carbocycles. The number of nitrogens with zero attached hydrogens (tertiary/aromatic N) is 14. The van der Waals surface area contributed by atoms with Crippen LogP contribution in [0.25, 0.3) is 161 Å². The van der Waals surface area contributed by atoms with Gasteiger partial charge in [0.05, 0.1) is 67.2 Å². The van der Waals surface area contributed by atoms with E-state index in [1.807, 2.05) is 235 Å². The number of hydrogen-bond acceptors (Lipinski definition) is 7. The molecule has 0 fully saturated rings. The van der Waals surface area contributed by atoms with Crippen LogP contribution in [0.3, 0.4) is 0 Å². The van der Waals surface area contributed by atoms with Gasteiger partial charge in [-0.25, -0.2) is 9.67 Å². The van der Waals surface area contributed by atoms with Crippen LogP contribution in [0.15, 0.2) is 511 Å². The van der Waals surface area contributed by atoms with Crippen LogP contribution in [0.1, 0.15) is 0 Å². The number of hydrogen-bond donors (Lipinski definition) is 0. The first-order valence-electron chi connectivity index (χ1n) is 42.2. The van der Waals surface area contributed by atoms with Crippen LogP contribution in [0.5, 0.6) is 0 Å². The molecule has 0 aliphatic rings. The van der Waals surface area contributed by atoms with E-state index in [-0.39, 0.29) is 0 Å². The van der Waals surface area contributed by atoms with E-state index >= 15 is 0 Å². The third kappa shape index (κ3) is 17.2. The molecule has 10 aromatic heterocycles. The van der Waals surface area contributed by atoms with Crippen LogP contribution >= 0.6 is 0 Å². The van der Waals surface area contributed by atoms with Crippen LogP contribution < -0.4 is 0 Å². The highest BCUT2D eigenvalue weighted by Gasteiger charge is 2.17. The minimum atomic E-state index is 0.858. The first-order chi connectivity index (χ1) is 63.1. The molecule has 0 aliphatic heterocycles. The van der Waals surface area contributed by atoms with E-state index in [1.165, 1.54) is 93.6 Å². The molecule has 0 amide bonds. The molecule has 25 rings (SSSR count). The van der Waals surface area contributed by atoms with Gasteiger partial charge in [-0.3, -0.25) is 24.1 Å². The summed E-state index contributed by atoms with van der Waals surface area (Å²) in [6, 6.07) is 155. The van der Waals surface area contributed by atoms with E-state index in [0.717, 1.165) is 67.6 Å². The van der Waals surface area contributed by atoms with Gasteiger partial charge in [0, 0.05) is 132 Å². The molecule has 14 heteroatoms. The number of fused-ring (bicyclic) bond motifs is 12. The van der Waals surface area contributed by atoms with Crippen molar-refractivity contribution in [3.05, 3.63) is 511 Å². The lowest BCUT2D eigenvalue weighted by atomic mass is 10.2. The van der Waals surface area contributed by atoms with E-state index in [2.05, 4.69) is 337 Å². The van der Waals surface area contributed by atoms with E-state index < -0.39 is 0 Å². The fourth-order valence-electron chi connectivity index (χ4n) is 16.3. The lowest BCUT2D eigenvalue weighted by Crippen LogP contribution is -1.95. The van der Waals surface area contributed by atoms with Gasteiger partial charge in [0.1, 0.15) is 12.2 Å². The predicted molar refractivity (Wildman–Crippen MR) is 521 cm³/mol. The summed E-state index contributed by atoms with van der Waals surface area (Å²) in [4.78, 5) is 17.5. The Balaban J connectivity index is 0.0000000966. The van der Waals surface area contributed by atoms with Crippen molar-refractivity contribution in [3.8, 4) is 73.8 Å². The molecule has 15 aromatic carbocycles. The second-order valence-electron chi connectivity index (χ2n) is 29.8. The molecule has 25 aromatic rings. The predicted octanol–water partition coefficient (Wildman–Crippen LogP) is 27.3. The number of para-hydroxylation sites is 12. The summed E-state index contributed by atoms with van der Waals surface area (Å²) >= 11 is 0. The highest BCUT2D eigenvalue weighted by molar-refractivity contribution is 6.11. The molecule has 0 saturated carbocycles. The van der Waals surface area contributed by atoms with E-state index in [9.17, 15) is 0 Å². The van der Waals surface area contributed by atoms with Gasteiger partial charge in [-0.05, 0) is 146 Å². The molecule has 0 bridgehead atoms. The van der Waals surface area contributed by atoms with Crippen molar-refractivity contribution in [1.29, 1.82) is 0 Å². The molecule has 0 unspecified atom stereocenters. The average molecular weight is 1640 g/mol. The molecule has 606 valence electrons. The summed E-state index contributed by atoms with van der Waals surface area (Å²) in [6.07, 6.45) is 17.0. The van der Waals surface area contributed by atoms with Crippen LogP contribution in [-0.4, -0.2) is 67.3 Å². The van der Waals surface area contributed by atoms with Gasteiger partial charge in [-0.15, -0.1) is 10.2 Å². The minimum Gasteiger partial charge on any atom is -0.309 e. The topological polar surface area (TPSA) is 125 Å². The van der Waals surface area contributed by atoms with Crippen molar-refractivity contribution in [2.24, 2.45) is 0 Å². The smallest absolute Gasteiger partial charge is 0.168 e. The SMILES string of the molecule is c1ccc(-c2ccn(-c3ccccc3)n2)cc1.c1ccc(-c2nccn2-c2ccccc2)cc1.c1ccc(-c2nncn2-c2ccccc2)cc1.c1ccc(-n2c3ccccc3c3ccccc32)cc1.c1ccc(-n2c3ccccc3c3ccncc32)cc1.c1ccc(-n2c3ccccc3c3cnccc32)cc1.c1ccc(-n2c3ccccc3c3ncccc32)cc1. The van der Waals surface area contributed by atoms with Crippen LogP contribution in [-0.2, 0) is 0 Å². The lowest BCUT2D eigenvalue weighted by Gasteiger charge is -2.07. The Morgan fingerprint density at radius 2 is 0.535 bits per heavy atom. The van der Waals surface area contributed by atoms with Crippen LogP contribution in [0.4, 0.5) is 0 Å². The first-order valence-corrected chi connectivity index (χ1v) is 42.2. The monoisotopic (exact) mass is 1640 g/mol. The highest BCUT2D eigenvalue weighted by atomic mass is 15.3. The molecular formula is C113H84N14. The number of pyridine rings is 3. The van der Waals surface area contributed by atoms with Crippen LogP contribution in [0, 0.1) is 0 Å². The van der Waals surface area contributed by atoms with E-state index in [0.29, 0.717) is 0 Å². The Morgan fingerprint density at radius 1 is 0.197 bits per heavy atom. The van der Waals surface area contributed by atoms with Crippen LogP contribution in [0.2, 0.25) is 0 Å². The number of rotatable bonds is 10. The zero-order valence-corrected chi connectivity index (χ0v) is 69.3. The van der Waals surface area contributed by atoms with Gasteiger partial charge in [0.2, 0.25) is 0 Å². The number of imidazole rings is 1. The molecule has 127 heavy (non-hydrogen) atoms. The van der Waals surface area contributed by atoms with Gasteiger partial charge in [0.25, 0.3) is 0 Å². The van der Waals surface area contributed by atoms with Crippen molar-refractivity contribution in [1.82, 2.24) is 67.3 Å². The van der Waals surface area contributed by atoms with Crippen molar-refractivity contribution < 1.29 is 0 Å². The van der Waals surface area contributed by atoms with Crippen molar-refractivity contribution in [3.63, 3.8) is 0 Å². The zero-order valence-electron chi connectivity index (χ0n) is 69.3. The molecule has 0 N–H and O–H groups in total. The summed E-state index contributed by atoms with van der Waals surface area (Å²) in [5, 5.41) is 21.5. The molecule has 0 saturated heterocycles. The standard InChI is InChI=1S/C18H13N.3C17H12N2.2C15H12N2.C14H11N3/c1-2-8-14(9-3-1)19-17-12-6-4-10-15(17)16-11-5-7-13-18(16)19;1-2-7-13(8-3-1)19-15-10-5-4-9-14(15)17-16(19)11-6-12-18-17;1-2-6-13(7-3-1)19-16-9-5-4-8-14(16)15-12-18-11-10-17(15)19;1-2-6-13(7-3-1)19-16-9-5-4-8-14(16)15-10-11-18-12-17(15)19;1-3-7-13(8-4-1)15-16-11-12-17(15)14-9-5-2-6-10-14;1-3-7-13(8-4-1)15-11-12-17(16-15)14-9-5-2-6-10-14;1-3-7-12(8-4-1)14-16-15-11-17(14)13-9-5-2-6-10-13/h1-13H;3*1-12H;2*1-12H;1-11H. The summed E-state index contributed by atoms with van der Waals surface area (Å²) < 4.78 is 15.1. The summed E-state index contributed by atoms with van der Waals surface area (Å²) in [5.41, 5.74) is 23.0. The van der Waals surface area contributed by atoms with Crippen molar-refractivity contribution in [2.45, 2.75) is 0 Å². The lowest BCUT2D eigenvalue weighted by molar-refractivity contribution is 0.884. The minimum absolute atomic E-state index is 0.858. The Morgan fingerprint density at radius 3 is 1.02 bits per heavy atom. The summed E-state index contributed by atoms with van der Waals surface area (Å²) in [6.45, 7) is 0. The maximum atomic E-state index is 4.57. The molecular weight excluding hydrogens is 1550 g/mol. The van der Waals surface area contributed by atoms with Gasteiger partial charge in [-0.2, -0.15) is 5.10 Å². The Labute approximate surface area is 734 Å². The first kappa shape index (κ1) is 79.3. The van der Waals surface area contributed by atoms with E-state index in [4.69, 9.17) is 0 Å². The average Bonchev–Trinajstić information content (AvgIpc) is 1.62. The largest absolute Gasteiger partial charge is 0.309 e. The molecule has 0 atom stereocenters. The Kier molecular flexibility index (Phi) is 23.8. The summed E-state index contributed by atoms with van der Waals surface area (Å²) in [5.74, 6) is 1.83. The molecule has 10 heterocycles. The third-order valence-corrected chi connectivity index (χ3v) is 22.0. The highest BCUT2D eigenvalue weighted by Crippen LogP contribution is 2.36. The molecule has 0 spiro atoms. The summed E-state index contributed by atoms with van der Waals surface area (Å²) in [7, 11) is 0. The number of benzene rings is 15. The fraction of sp³-hybridized carbons (Fsp3) is 0. The number of aromatic nitrogens is 14. The Hall–Kier alpha value is -17.5. The normalized spacial score (nSPS) is 10.8. The van der Waals surface area contributed by atoms with Crippen molar-refractivity contribution in [2.75, 3.05) is 0 Å². The second-order valence-corrected chi connectivity index (χ2v) is 29.8. The second kappa shape index (κ2) is 38.1. The van der Waals surface area contributed by atoms with Gasteiger partial charge in [-0.1, -0.05) is 309 Å². The van der Waals surface area contributed by atoms with Gasteiger partial charge >= 0.3 is 0 Å². The van der Waals surface area contributed by atoms with Crippen molar-refractivity contribution >= 4 is 87.4 Å². The van der Waals surface area contributed by atoms with Gasteiger partial charge in [0.15, 0.2) is 5.82 Å². The maximum Gasteiger partial charge on any atom is 0.168 e. The van der Waals surface area contributed by atoms with E-state index in [1.54, 1.807) is 6.33 Å². The maximum absolute atomic E-state index is 4.57. The fourth-order valence-corrected chi connectivity index (χ4v) is 16.3. The quantitative estimate of drug-likeness (QED) is 0.134. The molecule has 14 nitrogen and oxygen atoms in total. The Bertz CT molecular complexity index is 6760. The third-order valence-electron chi connectivity index (χ3n) is 22.0.